The lowest BCUT2D eigenvalue weighted by atomic mass is 9.97. The average Bonchev–Trinajstić information content (AvgIpc) is 2.86. The van der Waals surface area contributed by atoms with Crippen LogP contribution in [0, 0.1) is 0 Å². The van der Waals surface area contributed by atoms with Crippen LogP contribution in [0.5, 0.6) is 0 Å². The molecule has 1 aliphatic carbocycles. The second-order valence-corrected chi connectivity index (χ2v) is 5.59. The Morgan fingerprint density at radius 1 is 1.40 bits per heavy atom. The summed E-state index contributed by atoms with van der Waals surface area (Å²) in [6.45, 7) is 0. The third-order valence-corrected chi connectivity index (χ3v) is 3.93. The van der Waals surface area contributed by atoms with E-state index in [1.807, 2.05) is 0 Å². The van der Waals surface area contributed by atoms with Crippen molar-refractivity contribution in [3.05, 3.63) is 22.7 Å². The maximum absolute atomic E-state index is 11.9. The highest BCUT2D eigenvalue weighted by molar-refractivity contribution is 7.13. The van der Waals surface area contributed by atoms with E-state index < -0.39 is 0 Å². The normalized spacial score (nSPS) is 14.6. The molecule has 6 heteroatoms. The molecule has 0 fully saturated rings. The molecule has 0 saturated heterocycles. The first-order valence-corrected chi connectivity index (χ1v) is 7.54. The summed E-state index contributed by atoms with van der Waals surface area (Å²) < 4.78 is 4.58. The molecule has 0 aliphatic heterocycles. The van der Waals surface area contributed by atoms with E-state index in [9.17, 15) is 9.59 Å². The third kappa shape index (κ3) is 4.45. The van der Waals surface area contributed by atoms with Crippen LogP contribution in [0.2, 0.25) is 0 Å². The van der Waals surface area contributed by atoms with Gasteiger partial charge in [0.15, 0.2) is 5.13 Å². The zero-order valence-electron chi connectivity index (χ0n) is 11.5. The van der Waals surface area contributed by atoms with Crippen LogP contribution >= 0.6 is 11.3 Å². The number of ether oxygens (including phenoxy) is 1. The third-order valence-electron chi connectivity index (χ3n) is 3.12. The number of carbonyl (C=O) groups excluding carboxylic acids is 2. The quantitative estimate of drug-likeness (QED) is 0.669. The molecule has 0 radical (unpaired) electrons. The van der Waals surface area contributed by atoms with Gasteiger partial charge in [-0.25, -0.2) is 4.98 Å². The maximum atomic E-state index is 11.9. The Balaban J connectivity index is 1.85. The monoisotopic (exact) mass is 294 g/mol. The van der Waals surface area contributed by atoms with Crippen molar-refractivity contribution in [2.45, 2.75) is 38.5 Å². The highest BCUT2D eigenvalue weighted by Gasteiger charge is 2.12. The summed E-state index contributed by atoms with van der Waals surface area (Å²) in [6, 6.07) is 0. The Hall–Kier alpha value is -1.69. The minimum Gasteiger partial charge on any atom is -0.469 e. The number of carbonyl (C=O) groups is 2. The topological polar surface area (TPSA) is 68.3 Å². The number of allylic oxidation sites excluding steroid dienone is 1. The molecule has 1 amide bonds. The summed E-state index contributed by atoms with van der Waals surface area (Å²) in [5, 5.41) is 5.07. The highest BCUT2D eigenvalue weighted by atomic mass is 32.1. The van der Waals surface area contributed by atoms with Gasteiger partial charge in [-0.3, -0.25) is 9.59 Å². The van der Waals surface area contributed by atoms with Crippen molar-refractivity contribution in [2.24, 2.45) is 0 Å². The lowest BCUT2D eigenvalue weighted by Gasteiger charge is -2.11. The van der Waals surface area contributed by atoms with Crippen molar-refractivity contribution in [1.29, 1.82) is 0 Å². The standard InChI is InChI=1S/C14H18N2O3S/c1-19-13(18)8-11-9-20-14(15-11)16-12(17)7-10-5-3-2-4-6-10/h5,9H,2-4,6-8H2,1H3,(H,15,16,17). The minimum absolute atomic E-state index is 0.0443. The molecule has 0 unspecified atom stereocenters. The van der Waals surface area contributed by atoms with Crippen LogP contribution < -0.4 is 5.32 Å². The number of anilines is 1. The van der Waals surface area contributed by atoms with Crippen molar-refractivity contribution >= 4 is 28.3 Å². The van der Waals surface area contributed by atoms with E-state index >= 15 is 0 Å². The van der Waals surface area contributed by atoms with Crippen LogP contribution in [-0.2, 0) is 20.7 Å². The molecule has 1 heterocycles. The van der Waals surface area contributed by atoms with Crippen molar-refractivity contribution in [3.8, 4) is 0 Å². The van der Waals surface area contributed by atoms with Crippen molar-refractivity contribution in [2.75, 3.05) is 12.4 Å². The molecule has 108 valence electrons. The molecule has 0 aromatic carbocycles. The number of thiazole rings is 1. The van der Waals surface area contributed by atoms with Gasteiger partial charge in [0.1, 0.15) is 0 Å². The van der Waals surface area contributed by atoms with Crippen LogP contribution in [0.3, 0.4) is 0 Å². The summed E-state index contributed by atoms with van der Waals surface area (Å²) in [4.78, 5) is 27.2. The van der Waals surface area contributed by atoms with Gasteiger partial charge in [-0.15, -0.1) is 11.3 Å². The Morgan fingerprint density at radius 3 is 2.95 bits per heavy atom. The molecule has 1 aliphatic rings. The molecule has 1 N–H and O–H groups in total. The average molecular weight is 294 g/mol. The van der Waals surface area contributed by atoms with E-state index in [4.69, 9.17) is 0 Å². The fraction of sp³-hybridized carbons (Fsp3) is 0.500. The minimum atomic E-state index is -0.333. The van der Waals surface area contributed by atoms with Gasteiger partial charge in [0.25, 0.3) is 0 Å². The van der Waals surface area contributed by atoms with Gasteiger partial charge in [-0.05, 0) is 25.7 Å². The molecule has 2 rings (SSSR count). The van der Waals surface area contributed by atoms with E-state index in [1.165, 1.54) is 36.9 Å². The Kier molecular flexibility index (Phi) is 5.29. The number of hydrogen-bond donors (Lipinski definition) is 1. The Labute approximate surface area is 122 Å². The number of nitrogens with one attached hydrogen (secondary N) is 1. The predicted octanol–water partition coefficient (Wildman–Crippen LogP) is 2.69. The van der Waals surface area contributed by atoms with Gasteiger partial charge < -0.3 is 10.1 Å². The summed E-state index contributed by atoms with van der Waals surface area (Å²) in [5.74, 6) is -0.377. The lowest BCUT2D eigenvalue weighted by Crippen LogP contribution is -2.13. The molecule has 1 aromatic heterocycles. The smallest absolute Gasteiger partial charge is 0.311 e. The number of amides is 1. The van der Waals surface area contributed by atoms with Gasteiger partial charge in [0.2, 0.25) is 5.91 Å². The molecular weight excluding hydrogens is 276 g/mol. The number of esters is 1. The van der Waals surface area contributed by atoms with Crippen LogP contribution in [0.1, 0.15) is 37.8 Å². The second-order valence-electron chi connectivity index (χ2n) is 4.73. The van der Waals surface area contributed by atoms with Crippen LogP contribution in [-0.4, -0.2) is 24.0 Å². The zero-order chi connectivity index (χ0) is 14.4. The molecule has 0 bridgehead atoms. The van der Waals surface area contributed by atoms with Crippen LogP contribution in [0.15, 0.2) is 17.0 Å². The first-order valence-electron chi connectivity index (χ1n) is 6.66. The molecule has 20 heavy (non-hydrogen) atoms. The number of aromatic nitrogens is 1. The number of hydrogen-bond acceptors (Lipinski definition) is 5. The molecule has 0 atom stereocenters. The summed E-state index contributed by atoms with van der Waals surface area (Å²) >= 11 is 1.32. The predicted molar refractivity (Wildman–Crippen MR) is 77.6 cm³/mol. The Bertz CT molecular complexity index is 522. The molecule has 5 nitrogen and oxygen atoms in total. The SMILES string of the molecule is COC(=O)Cc1csc(NC(=O)CC2=CCCCC2)n1. The van der Waals surface area contributed by atoms with Crippen LogP contribution in [0.25, 0.3) is 0 Å². The molecule has 0 spiro atoms. The molecular formula is C14H18N2O3S. The second kappa shape index (κ2) is 7.19. The summed E-state index contributed by atoms with van der Waals surface area (Å²) in [7, 11) is 1.34. The number of rotatable bonds is 5. The van der Waals surface area contributed by atoms with E-state index in [2.05, 4.69) is 21.1 Å². The lowest BCUT2D eigenvalue weighted by molar-refractivity contribution is -0.139. The maximum Gasteiger partial charge on any atom is 0.311 e. The van der Waals surface area contributed by atoms with E-state index in [0.29, 0.717) is 17.2 Å². The molecule has 1 aromatic rings. The fourth-order valence-electron chi connectivity index (χ4n) is 2.10. The van der Waals surface area contributed by atoms with Crippen molar-refractivity contribution < 1.29 is 14.3 Å². The summed E-state index contributed by atoms with van der Waals surface area (Å²) in [5.41, 5.74) is 1.83. The number of nitrogens with zero attached hydrogens (tertiary/aromatic N) is 1. The fourth-order valence-corrected chi connectivity index (χ4v) is 2.83. The zero-order valence-corrected chi connectivity index (χ0v) is 12.3. The van der Waals surface area contributed by atoms with E-state index in [0.717, 1.165) is 12.8 Å². The van der Waals surface area contributed by atoms with Gasteiger partial charge in [-0.1, -0.05) is 11.6 Å². The van der Waals surface area contributed by atoms with Gasteiger partial charge in [0, 0.05) is 11.8 Å². The molecule has 0 saturated carbocycles. The van der Waals surface area contributed by atoms with E-state index in [1.54, 1.807) is 5.38 Å². The van der Waals surface area contributed by atoms with Crippen LogP contribution in [0.4, 0.5) is 5.13 Å². The largest absolute Gasteiger partial charge is 0.469 e. The van der Waals surface area contributed by atoms with Crippen molar-refractivity contribution in [1.82, 2.24) is 4.98 Å². The van der Waals surface area contributed by atoms with Gasteiger partial charge in [-0.2, -0.15) is 0 Å². The van der Waals surface area contributed by atoms with Gasteiger partial charge >= 0.3 is 5.97 Å². The van der Waals surface area contributed by atoms with E-state index in [-0.39, 0.29) is 18.3 Å². The number of methoxy groups -OCH3 is 1. The Morgan fingerprint density at radius 2 is 2.25 bits per heavy atom. The van der Waals surface area contributed by atoms with Gasteiger partial charge in [0.05, 0.1) is 19.2 Å². The van der Waals surface area contributed by atoms with Crippen molar-refractivity contribution in [3.63, 3.8) is 0 Å². The summed E-state index contributed by atoms with van der Waals surface area (Å²) in [6.07, 6.45) is 7.20. The first kappa shape index (κ1) is 14.7. The highest BCUT2D eigenvalue weighted by Crippen LogP contribution is 2.21. The first-order chi connectivity index (χ1) is 9.67.